The fourth-order valence-corrected chi connectivity index (χ4v) is 9.30. The molecule has 0 aliphatic rings. The molecule has 4 nitrogen and oxygen atoms in total. The summed E-state index contributed by atoms with van der Waals surface area (Å²) in [7, 11) is 0. The Bertz CT molecular complexity index is 3640. The van der Waals surface area contributed by atoms with E-state index in [1.165, 1.54) is 38.2 Å². The zero-order valence-corrected chi connectivity index (χ0v) is 34.9. The first-order valence-corrected chi connectivity index (χ1v) is 21.7. The van der Waals surface area contributed by atoms with Gasteiger partial charge in [-0.3, -0.25) is 0 Å². The lowest BCUT2D eigenvalue weighted by Gasteiger charge is -2.27. The van der Waals surface area contributed by atoms with E-state index in [9.17, 15) is 0 Å². The minimum atomic E-state index is 0.700. The topological polar surface area (TPSA) is 34.0 Å². The lowest BCUT2D eigenvalue weighted by molar-refractivity contribution is 1.17. The third-order valence-electron chi connectivity index (χ3n) is 12.4. The minimum Gasteiger partial charge on any atom is -0.310 e. The van der Waals surface area contributed by atoms with Crippen molar-refractivity contribution < 1.29 is 0 Å². The number of para-hydroxylation sites is 3. The average molecular weight is 817 g/mol. The van der Waals surface area contributed by atoms with Gasteiger partial charge in [0.1, 0.15) is 0 Å². The monoisotopic (exact) mass is 816 g/mol. The first kappa shape index (κ1) is 37.2. The molecule has 4 heteroatoms. The molecule has 0 aliphatic carbocycles. The maximum absolute atomic E-state index is 5.27. The predicted molar refractivity (Wildman–Crippen MR) is 268 cm³/mol. The molecule has 0 saturated carbocycles. The van der Waals surface area contributed by atoms with Crippen LogP contribution in [0.3, 0.4) is 0 Å². The molecule has 0 unspecified atom stereocenters. The van der Waals surface area contributed by atoms with Crippen LogP contribution in [0.5, 0.6) is 0 Å². The predicted octanol–water partition coefficient (Wildman–Crippen LogP) is 16.0. The van der Waals surface area contributed by atoms with E-state index >= 15 is 0 Å². The van der Waals surface area contributed by atoms with Gasteiger partial charge in [0.15, 0.2) is 5.82 Å². The minimum absolute atomic E-state index is 0.700. The van der Waals surface area contributed by atoms with Crippen LogP contribution < -0.4 is 4.90 Å². The first-order valence-electron chi connectivity index (χ1n) is 21.7. The highest BCUT2D eigenvalue weighted by atomic mass is 15.1. The number of hydrogen-bond donors (Lipinski definition) is 0. The molecular weight excluding hydrogens is 777 g/mol. The number of benzene rings is 10. The molecule has 12 aromatic rings. The Balaban J connectivity index is 0.939. The molecule has 64 heavy (non-hydrogen) atoms. The van der Waals surface area contributed by atoms with Gasteiger partial charge in [0.25, 0.3) is 0 Å². The normalized spacial score (nSPS) is 11.4. The fourth-order valence-electron chi connectivity index (χ4n) is 9.30. The van der Waals surface area contributed by atoms with Gasteiger partial charge in [0.05, 0.1) is 27.9 Å². The highest BCUT2D eigenvalue weighted by Crippen LogP contribution is 2.41. The summed E-state index contributed by atoms with van der Waals surface area (Å²) in [4.78, 5) is 12.7. The van der Waals surface area contributed by atoms with Gasteiger partial charge in [-0.15, -0.1) is 0 Å². The van der Waals surface area contributed by atoms with Gasteiger partial charge in [-0.05, 0) is 94.4 Å². The molecule has 0 spiro atoms. The van der Waals surface area contributed by atoms with Crippen LogP contribution in [0.4, 0.5) is 17.1 Å². The van der Waals surface area contributed by atoms with Crippen LogP contribution in [-0.4, -0.2) is 14.5 Å². The Morgan fingerprint density at radius 3 is 1.72 bits per heavy atom. The van der Waals surface area contributed by atoms with E-state index in [2.05, 4.69) is 240 Å². The molecule has 0 atom stereocenters. The van der Waals surface area contributed by atoms with Gasteiger partial charge >= 0.3 is 0 Å². The molecule has 0 saturated heterocycles. The quantitative estimate of drug-likeness (QED) is 0.153. The summed E-state index contributed by atoms with van der Waals surface area (Å²) in [6.07, 6.45) is 0. The molecule has 0 aliphatic heterocycles. The maximum Gasteiger partial charge on any atom is 0.160 e. The second-order valence-corrected chi connectivity index (χ2v) is 16.2. The highest BCUT2D eigenvalue weighted by molar-refractivity contribution is 6.10. The SMILES string of the molecule is c1ccc(-c2ccc(-c3nc(-c4cccc(-c5ccc6c7ccccc7n(-c7ccc(N(c8ccccc8)c8cccc9ccccc89)cc7)c6c5)c4)nc4ccccc34)cc2)cc1. The largest absolute Gasteiger partial charge is 0.310 e. The highest BCUT2D eigenvalue weighted by Gasteiger charge is 2.18. The van der Waals surface area contributed by atoms with Crippen molar-refractivity contribution in [3.63, 3.8) is 0 Å². The second-order valence-electron chi connectivity index (χ2n) is 16.2. The van der Waals surface area contributed by atoms with Crippen LogP contribution in [0.15, 0.2) is 243 Å². The van der Waals surface area contributed by atoms with Gasteiger partial charge in [0, 0.05) is 49.7 Å². The zero-order valence-electron chi connectivity index (χ0n) is 34.9. The number of aromatic nitrogens is 3. The molecule has 10 aromatic carbocycles. The van der Waals surface area contributed by atoms with Crippen LogP contribution in [-0.2, 0) is 0 Å². The van der Waals surface area contributed by atoms with Gasteiger partial charge in [-0.1, -0.05) is 176 Å². The average Bonchev–Trinajstić information content (AvgIpc) is 3.71. The molecule has 2 aromatic heterocycles. The third-order valence-corrected chi connectivity index (χ3v) is 12.4. The number of nitrogens with zero attached hydrogens (tertiary/aromatic N) is 4. The van der Waals surface area contributed by atoms with Gasteiger partial charge in [-0.25, -0.2) is 9.97 Å². The van der Waals surface area contributed by atoms with Crippen molar-refractivity contribution in [2.24, 2.45) is 0 Å². The first-order chi connectivity index (χ1) is 31.7. The molecule has 0 radical (unpaired) electrons. The summed E-state index contributed by atoms with van der Waals surface area (Å²) in [6.45, 7) is 0. The van der Waals surface area contributed by atoms with Crippen LogP contribution in [0.1, 0.15) is 0 Å². The molecule has 2 heterocycles. The second kappa shape index (κ2) is 15.7. The third kappa shape index (κ3) is 6.57. The summed E-state index contributed by atoms with van der Waals surface area (Å²) in [6, 6.07) is 86.4. The standard InChI is InChI=1S/C60H40N4/c1-3-15-41(16-4-1)42-29-31-44(32-30-42)59-54-25-9-11-26-55(54)61-60(62-59)47-20-13-19-45(39-47)46-33-38-53-52-24-10-12-27-57(52)64(58(53)40-46)50-36-34-49(35-37-50)63(48-21-5-2-6-22-48)56-28-14-18-43-17-7-8-23-51(43)56/h1-40H. The Kier molecular flexibility index (Phi) is 9.12. The van der Waals surface area contributed by atoms with Gasteiger partial charge in [0.2, 0.25) is 0 Å². The summed E-state index contributed by atoms with van der Waals surface area (Å²) < 4.78 is 2.40. The maximum atomic E-state index is 5.27. The van der Waals surface area contributed by atoms with Gasteiger partial charge < -0.3 is 9.47 Å². The van der Waals surface area contributed by atoms with Gasteiger partial charge in [-0.2, -0.15) is 0 Å². The Morgan fingerprint density at radius 1 is 0.328 bits per heavy atom. The number of hydrogen-bond acceptors (Lipinski definition) is 3. The molecular formula is C60H40N4. The smallest absolute Gasteiger partial charge is 0.160 e. The van der Waals surface area contributed by atoms with Crippen molar-refractivity contribution in [2.45, 2.75) is 0 Å². The number of fused-ring (bicyclic) bond motifs is 5. The van der Waals surface area contributed by atoms with E-state index in [1.807, 2.05) is 12.1 Å². The van der Waals surface area contributed by atoms with E-state index in [0.717, 1.165) is 67.1 Å². The van der Waals surface area contributed by atoms with Crippen LogP contribution in [0, 0.1) is 0 Å². The lowest BCUT2D eigenvalue weighted by atomic mass is 9.99. The van der Waals surface area contributed by atoms with Crippen molar-refractivity contribution in [3.8, 4) is 50.6 Å². The Hall–Kier alpha value is -8.60. The zero-order chi connectivity index (χ0) is 42.4. The van der Waals surface area contributed by atoms with Crippen molar-refractivity contribution in [2.75, 3.05) is 4.90 Å². The fraction of sp³-hybridized carbons (Fsp3) is 0. The molecule has 300 valence electrons. The number of rotatable bonds is 8. The van der Waals surface area contributed by atoms with Crippen LogP contribution >= 0.6 is 0 Å². The van der Waals surface area contributed by atoms with E-state index in [4.69, 9.17) is 9.97 Å². The van der Waals surface area contributed by atoms with Crippen molar-refractivity contribution in [3.05, 3.63) is 243 Å². The Labute approximate surface area is 371 Å². The van der Waals surface area contributed by atoms with E-state index < -0.39 is 0 Å². The summed E-state index contributed by atoms with van der Waals surface area (Å²) >= 11 is 0. The number of anilines is 3. The van der Waals surface area contributed by atoms with Crippen molar-refractivity contribution in [1.82, 2.24) is 14.5 Å². The van der Waals surface area contributed by atoms with E-state index in [0.29, 0.717) is 5.82 Å². The molecule has 0 bridgehead atoms. The lowest BCUT2D eigenvalue weighted by Crippen LogP contribution is -2.10. The molecule has 12 rings (SSSR count). The van der Waals surface area contributed by atoms with E-state index in [1.54, 1.807) is 0 Å². The van der Waals surface area contributed by atoms with E-state index in [-0.39, 0.29) is 0 Å². The summed E-state index contributed by atoms with van der Waals surface area (Å²) in [5.41, 5.74) is 15.2. The molecule has 0 fully saturated rings. The Morgan fingerprint density at radius 2 is 0.891 bits per heavy atom. The van der Waals surface area contributed by atoms with Crippen LogP contribution in [0.25, 0.3) is 94.1 Å². The summed E-state index contributed by atoms with van der Waals surface area (Å²) in [5, 5.41) is 5.88. The summed E-state index contributed by atoms with van der Waals surface area (Å²) in [5.74, 6) is 0.700. The van der Waals surface area contributed by atoms with Crippen LogP contribution in [0.2, 0.25) is 0 Å². The molecule has 0 amide bonds. The molecule has 0 N–H and O–H groups in total. The van der Waals surface area contributed by atoms with Crippen molar-refractivity contribution >= 4 is 60.5 Å². The van der Waals surface area contributed by atoms with Crippen molar-refractivity contribution in [1.29, 1.82) is 0 Å².